The van der Waals surface area contributed by atoms with E-state index >= 15 is 0 Å². The van der Waals surface area contributed by atoms with Crippen LogP contribution in [0.1, 0.15) is 59.8 Å². The van der Waals surface area contributed by atoms with E-state index in [4.69, 9.17) is 11.6 Å². The van der Waals surface area contributed by atoms with Crippen molar-refractivity contribution < 1.29 is 4.79 Å². The highest BCUT2D eigenvalue weighted by Gasteiger charge is 2.29. The largest absolute Gasteiger partial charge is 0.402 e. The molecule has 0 spiro atoms. The van der Waals surface area contributed by atoms with Crippen molar-refractivity contribution >= 4 is 29.3 Å². The van der Waals surface area contributed by atoms with Crippen LogP contribution >= 0.6 is 0 Å². The number of amides is 1. The first kappa shape index (κ1) is 28.1. The van der Waals surface area contributed by atoms with Gasteiger partial charge in [0.25, 0.3) is 5.91 Å². The van der Waals surface area contributed by atoms with Gasteiger partial charge in [0, 0.05) is 49.4 Å². The SMILES string of the molecule is CC(N=CC1=C(N)CCCN(C2CCN(C(=O)c3cnc(C)c(N=NN)c3)CC2)C1)=Nc1cc(C)cc(C)c1. The lowest BCUT2D eigenvalue weighted by atomic mass is 10.0. The summed E-state index contributed by atoms with van der Waals surface area (Å²) in [4.78, 5) is 31.1. The maximum Gasteiger partial charge on any atom is 0.255 e. The standard InChI is InChI=1S/C29H39N9O/c1-19-12-20(2)14-25(13-19)34-22(4)33-17-24-18-38(9-5-6-27(24)30)26-7-10-37(11-8-26)29(39)23-15-28(35-36-31)21(3)32-16-23/h12-17,26H,5-11,18,30H2,1-4H3,(H2,31,35). The molecule has 4 N–H and O–H groups in total. The molecule has 3 heterocycles. The minimum Gasteiger partial charge on any atom is -0.402 e. The van der Waals surface area contributed by atoms with Crippen LogP contribution in [0.5, 0.6) is 0 Å². The average molecular weight is 530 g/mol. The minimum atomic E-state index is -0.0409. The molecule has 1 saturated heterocycles. The van der Waals surface area contributed by atoms with Crippen LogP contribution < -0.4 is 11.6 Å². The fourth-order valence-electron chi connectivity index (χ4n) is 5.29. The molecule has 4 rings (SSSR count). The third-order valence-corrected chi connectivity index (χ3v) is 7.32. The first-order chi connectivity index (χ1) is 18.7. The predicted molar refractivity (Wildman–Crippen MR) is 156 cm³/mol. The Balaban J connectivity index is 1.38. The Bertz CT molecular complexity index is 1300. The van der Waals surface area contributed by atoms with Gasteiger partial charge >= 0.3 is 0 Å². The van der Waals surface area contributed by atoms with Crippen LogP contribution in [0.25, 0.3) is 0 Å². The number of allylic oxidation sites excluding steroid dienone is 1. The average Bonchev–Trinajstić information content (AvgIpc) is 3.09. The number of nitrogens with zero attached hydrogens (tertiary/aromatic N) is 7. The summed E-state index contributed by atoms with van der Waals surface area (Å²) < 4.78 is 0. The number of aryl methyl sites for hydroxylation is 3. The van der Waals surface area contributed by atoms with E-state index in [1.54, 1.807) is 12.3 Å². The summed E-state index contributed by atoms with van der Waals surface area (Å²) >= 11 is 0. The Morgan fingerprint density at radius 3 is 2.49 bits per heavy atom. The second-order valence-corrected chi connectivity index (χ2v) is 10.5. The van der Waals surface area contributed by atoms with Crippen LogP contribution in [0.15, 0.2) is 62.1 Å². The Morgan fingerprint density at radius 2 is 1.79 bits per heavy atom. The van der Waals surface area contributed by atoms with Gasteiger partial charge in [0.05, 0.1) is 16.9 Å². The molecular weight excluding hydrogens is 490 g/mol. The highest BCUT2D eigenvalue weighted by molar-refractivity contribution is 5.95. The number of benzene rings is 1. The third-order valence-electron chi connectivity index (χ3n) is 7.32. The molecule has 0 radical (unpaired) electrons. The highest BCUT2D eigenvalue weighted by atomic mass is 16.2. The number of nitrogens with two attached hydrogens (primary N) is 2. The number of hydrogen-bond acceptors (Lipinski definition) is 7. The molecule has 0 aliphatic carbocycles. The zero-order valence-corrected chi connectivity index (χ0v) is 23.4. The van der Waals surface area contributed by atoms with E-state index < -0.39 is 0 Å². The van der Waals surface area contributed by atoms with Gasteiger partial charge in [-0.1, -0.05) is 11.3 Å². The van der Waals surface area contributed by atoms with Gasteiger partial charge in [0.1, 0.15) is 11.5 Å². The van der Waals surface area contributed by atoms with E-state index in [1.807, 2.05) is 25.0 Å². The van der Waals surface area contributed by atoms with E-state index in [0.717, 1.165) is 55.7 Å². The normalized spacial score (nSPS) is 18.4. The molecule has 0 saturated carbocycles. The molecule has 0 bridgehead atoms. The van der Waals surface area contributed by atoms with Gasteiger partial charge < -0.3 is 16.5 Å². The number of aromatic nitrogens is 1. The van der Waals surface area contributed by atoms with Crippen LogP contribution in [-0.2, 0) is 0 Å². The van der Waals surface area contributed by atoms with E-state index in [1.165, 1.54) is 11.1 Å². The summed E-state index contributed by atoms with van der Waals surface area (Å²) in [6.45, 7) is 11.0. The summed E-state index contributed by atoms with van der Waals surface area (Å²) in [7, 11) is 0. The second kappa shape index (κ2) is 12.8. The molecule has 0 unspecified atom stereocenters. The third kappa shape index (κ3) is 7.35. The fourth-order valence-corrected chi connectivity index (χ4v) is 5.29. The minimum absolute atomic E-state index is 0.0409. The molecule has 1 fully saturated rings. The van der Waals surface area contributed by atoms with Crippen molar-refractivity contribution in [2.75, 3.05) is 26.2 Å². The smallest absolute Gasteiger partial charge is 0.255 e. The van der Waals surface area contributed by atoms with Crippen molar-refractivity contribution in [3.8, 4) is 0 Å². The van der Waals surface area contributed by atoms with Gasteiger partial charge in [-0.2, -0.15) is 0 Å². The first-order valence-electron chi connectivity index (χ1n) is 13.5. The maximum atomic E-state index is 13.1. The zero-order chi connectivity index (χ0) is 27.9. The monoisotopic (exact) mass is 529 g/mol. The topological polar surface area (TPSA) is 138 Å². The van der Waals surface area contributed by atoms with Crippen molar-refractivity contribution in [3.05, 3.63) is 64.1 Å². The Morgan fingerprint density at radius 1 is 1.08 bits per heavy atom. The van der Waals surface area contributed by atoms with Gasteiger partial charge in [-0.3, -0.25) is 14.7 Å². The van der Waals surface area contributed by atoms with Crippen molar-refractivity contribution in [1.29, 1.82) is 0 Å². The highest BCUT2D eigenvalue weighted by Crippen LogP contribution is 2.25. The number of likely N-dealkylation sites (tertiary alicyclic amines) is 1. The quantitative estimate of drug-likeness (QED) is 0.190. The van der Waals surface area contributed by atoms with Gasteiger partial charge in [-0.25, -0.2) is 9.98 Å². The number of hydrogen-bond donors (Lipinski definition) is 2. The lowest BCUT2D eigenvalue weighted by molar-refractivity contribution is 0.0631. The Hall–Kier alpha value is -3.92. The second-order valence-electron chi connectivity index (χ2n) is 10.5. The van der Waals surface area contributed by atoms with Crippen molar-refractivity contribution in [3.63, 3.8) is 0 Å². The number of piperidine rings is 1. The summed E-state index contributed by atoms with van der Waals surface area (Å²) in [5, 5.41) is 7.21. The zero-order valence-electron chi connectivity index (χ0n) is 23.4. The molecule has 10 heteroatoms. The molecule has 39 heavy (non-hydrogen) atoms. The lowest BCUT2D eigenvalue weighted by Gasteiger charge is -2.38. The van der Waals surface area contributed by atoms with Crippen LogP contribution in [0.2, 0.25) is 0 Å². The van der Waals surface area contributed by atoms with Crippen molar-refractivity contribution in [2.45, 2.75) is 59.4 Å². The number of amidine groups is 1. The molecule has 1 aromatic heterocycles. The van der Waals surface area contributed by atoms with E-state index in [9.17, 15) is 4.79 Å². The van der Waals surface area contributed by atoms with Crippen molar-refractivity contribution in [2.24, 2.45) is 31.9 Å². The van der Waals surface area contributed by atoms with Gasteiger partial charge in [-0.15, -0.1) is 5.11 Å². The van der Waals surface area contributed by atoms with E-state index in [0.29, 0.717) is 41.9 Å². The molecule has 10 nitrogen and oxygen atoms in total. The molecule has 2 aromatic rings. The van der Waals surface area contributed by atoms with Crippen molar-refractivity contribution in [1.82, 2.24) is 14.8 Å². The Labute approximate surface area is 230 Å². The van der Waals surface area contributed by atoms with Crippen LogP contribution in [0.4, 0.5) is 11.4 Å². The molecule has 1 amide bonds. The van der Waals surface area contributed by atoms with Gasteiger partial charge in [-0.05, 0) is 89.2 Å². The van der Waals surface area contributed by atoms with Gasteiger partial charge in [0.2, 0.25) is 0 Å². The summed E-state index contributed by atoms with van der Waals surface area (Å²) in [6.07, 6.45) is 7.14. The molecule has 0 atom stereocenters. The number of rotatable bonds is 5. The molecule has 206 valence electrons. The number of pyridine rings is 1. The maximum absolute atomic E-state index is 13.1. The summed E-state index contributed by atoms with van der Waals surface area (Å²) in [5.74, 6) is 5.85. The Kier molecular flexibility index (Phi) is 9.19. The lowest BCUT2D eigenvalue weighted by Crippen LogP contribution is -2.47. The van der Waals surface area contributed by atoms with E-state index in [2.05, 4.69) is 62.3 Å². The van der Waals surface area contributed by atoms with Crippen LogP contribution in [0, 0.1) is 20.8 Å². The summed E-state index contributed by atoms with van der Waals surface area (Å²) in [6, 6.07) is 8.33. The molecule has 1 aromatic carbocycles. The molecule has 2 aliphatic heterocycles. The molecule has 2 aliphatic rings. The predicted octanol–water partition coefficient (Wildman–Crippen LogP) is 4.70. The fraction of sp³-hybridized carbons (Fsp3) is 0.448. The van der Waals surface area contributed by atoms with E-state index in [-0.39, 0.29) is 5.91 Å². The number of aliphatic imine (C=N–C) groups is 2. The first-order valence-corrected chi connectivity index (χ1v) is 13.5. The number of carbonyl (C=O) groups excluding carboxylic acids is 1. The number of carbonyl (C=O) groups is 1. The van der Waals surface area contributed by atoms with Gasteiger partial charge in [0.15, 0.2) is 0 Å². The van der Waals surface area contributed by atoms with Crippen LogP contribution in [0.3, 0.4) is 0 Å². The summed E-state index contributed by atoms with van der Waals surface area (Å²) in [5.41, 5.74) is 13.4. The molecular formula is C29H39N9O. The van der Waals surface area contributed by atoms with Crippen LogP contribution in [-0.4, -0.2) is 65.0 Å².